The number of amides is 2. The topological polar surface area (TPSA) is 95.0 Å². The van der Waals surface area contributed by atoms with Crippen LogP contribution in [0, 0.1) is 13.8 Å². The molecule has 2 heterocycles. The predicted molar refractivity (Wildman–Crippen MR) is 185 cm³/mol. The molecule has 1 saturated heterocycles. The van der Waals surface area contributed by atoms with E-state index in [0.717, 1.165) is 16.0 Å². The van der Waals surface area contributed by atoms with Gasteiger partial charge in [0.1, 0.15) is 5.76 Å². The fourth-order valence-corrected chi connectivity index (χ4v) is 6.57. The molecule has 5 aromatic rings. The van der Waals surface area contributed by atoms with Crippen LogP contribution in [0.25, 0.3) is 11.5 Å². The van der Waals surface area contributed by atoms with Gasteiger partial charge >= 0.3 is 5.91 Å². The third kappa shape index (κ3) is 4.59. The third-order valence-electron chi connectivity index (χ3n) is 8.84. The van der Waals surface area contributed by atoms with Gasteiger partial charge in [0.25, 0.3) is 11.7 Å². The molecule has 1 N–H and O–H groups in total. The maximum Gasteiger partial charge on any atom is 0.300 e. The number of ketones is 2. The Labute approximate surface area is 277 Å². The number of aryl methyl sites for hydroxylation is 2. The Morgan fingerprint density at radius 1 is 0.604 bits per heavy atom. The molecule has 1 atom stereocenters. The highest BCUT2D eigenvalue weighted by Crippen LogP contribution is 2.54. The first-order valence-electron chi connectivity index (χ1n) is 15.5. The molecule has 1 spiro atoms. The van der Waals surface area contributed by atoms with E-state index < -0.39 is 40.3 Å². The van der Waals surface area contributed by atoms with E-state index in [1.54, 1.807) is 121 Å². The molecule has 7 rings (SSSR count). The summed E-state index contributed by atoms with van der Waals surface area (Å²) in [4.78, 5) is 62.1. The van der Waals surface area contributed by atoms with Gasteiger partial charge in [0.05, 0.1) is 16.8 Å². The maximum atomic E-state index is 15.7. The number of rotatable bonds is 6. The zero-order valence-corrected chi connectivity index (χ0v) is 26.3. The standard InChI is InChI=1S/C41H30N2O5/c1-26-18-22-31(23-19-26)42-35(28-12-6-3-7-13-28)33(36(44)29-14-8-4-9-15-29)41(40(42)48)34(37(45)30-16-10-5-11-17-30)38(46)39(47)43(41)32-24-20-27(2)21-25-32/h3-25,45H,1-2H3/b37-34-. The molecule has 7 nitrogen and oxygen atoms in total. The van der Waals surface area contributed by atoms with E-state index in [1.807, 2.05) is 32.0 Å². The van der Waals surface area contributed by atoms with Crippen molar-refractivity contribution in [2.24, 2.45) is 0 Å². The second-order valence-corrected chi connectivity index (χ2v) is 11.9. The lowest BCUT2D eigenvalue weighted by Crippen LogP contribution is -2.56. The average Bonchev–Trinajstić information content (AvgIpc) is 3.52. The zero-order valence-electron chi connectivity index (χ0n) is 26.3. The van der Waals surface area contributed by atoms with E-state index in [1.165, 1.54) is 4.90 Å². The molecule has 2 amide bonds. The number of carbonyl (C=O) groups excluding carboxylic acids is 4. The van der Waals surface area contributed by atoms with Gasteiger partial charge in [0, 0.05) is 22.5 Å². The molecule has 0 aliphatic carbocycles. The summed E-state index contributed by atoms with van der Waals surface area (Å²) in [6.07, 6.45) is 0. The van der Waals surface area contributed by atoms with Gasteiger partial charge in [-0.05, 0) is 43.7 Å². The van der Waals surface area contributed by atoms with Crippen LogP contribution in [0.1, 0.15) is 32.6 Å². The second kappa shape index (κ2) is 11.8. The van der Waals surface area contributed by atoms with Gasteiger partial charge in [-0.15, -0.1) is 0 Å². The molecule has 234 valence electrons. The molecular weight excluding hydrogens is 600 g/mol. The SMILES string of the molecule is Cc1ccc(N2C(=O)C3(C(C(=O)c4ccccc4)=C2c2ccccc2)/C(=C(\O)c2ccccc2)C(=O)C(=O)N3c2ccc(C)cc2)cc1. The summed E-state index contributed by atoms with van der Waals surface area (Å²) in [5, 5.41) is 12.1. The van der Waals surface area contributed by atoms with Crippen molar-refractivity contribution < 1.29 is 24.3 Å². The molecule has 2 aliphatic heterocycles. The summed E-state index contributed by atoms with van der Waals surface area (Å²) in [5.74, 6) is -4.01. The van der Waals surface area contributed by atoms with Crippen LogP contribution >= 0.6 is 0 Å². The van der Waals surface area contributed by atoms with E-state index in [0.29, 0.717) is 11.3 Å². The molecule has 1 unspecified atom stereocenters. The van der Waals surface area contributed by atoms with Crippen LogP contribution in [0.5, 0.6) is 0 Å². The minimum absolute atomic E-state index is 0.122. The highest BCUT2D eigenvalue weighted by atomic mass is 16.3. The van der Waals surface area contributed by atoms with Crippen LogP contribution in [-0.4, -0.2) is 34.0 Å². The Morgan fingerprint density at radius 2 is 1.08 bits per heavy atom. The lowest BCUT2D eigenvalue weighted by molar-refractivity contribution is -0.132. The number of aliphatic hydroxyl groups is 1. The van der Waals surface area contributed by atoms with Crippen LogP contribution in [0.3, 0.4) is 0 Å². The Kier molecular flexibility index (Phi) is 7.45. The van der Waals surface area contributed by atoms with Crippen molar-refractivity contribution in [3.63, 3.8) is 0 Å². The van der Waals surface area contributed by atoms with E-state index in [-0.39, 0.29) is 28.1 Å². The van der Waals surface area contributed by atoms with Gasteiger partial charge in [-0.2, -0.15) is 0 Å². The zero-order chi connectivity index (χ0) is 33.6. The lowest BCUT2D eigenvalue weighted by atomic mass is 9.77. The van der Waals surface area contributed by atoms with Crippen molar-refractivity contribution in [1.82, 2.24) is 0 Å². The Bertz CT molecular complexity index is 2150. The Morgan fingerprint density at radius 3 is 1.62 bits per heavy atom. The van der Waals surface area contributed by atoms with Crippen molar-refractivity contribution in [2.45, 2.75) is 19.4 Å². The molecular formula is C41H30N2O5. The number of anilines is 2. The first kappa shape index (κ1) is 30.3. The number of aliphatic hydroxyl groups excluding tert-OH is 1. The van der Waals surface area contributed by atoms with Crippen molar-refractivity contribution in [1.29, 1.82) is 0 Å². The number of Topliss-reactive ketones (excluding diaryl/α,β-unsaturated/α-hetero) is 2. The molecule has 0 saturated carbocycles. The van der Waals surface area contributed by atoms with Crippen LogP contribution < -0.4 is 9.80 Å². The second-order valence-electron chi connectivity index (χ2n) is 11.9. The smallest absolute Gasteiger partial charge is 0.300 e. The van der Waals surface area contributed by atoms with Gasteiger partial charge in [-0.3, -0.25) is 29.0 Å². The summed E-state index contributed by atoms with van der Waals surface area (Å²) in [5.41, 5.74) is 0.665. The molecule has 1 fully saturated rings. The third-order valence-corrected chi connectivity index (χ3v) is 8.84. The van der Waals surface area contributed by atoms with Crippen LogP contribution in [0.4, 0.5) is 11.4 Å². The number of carbonyl (C=O) groups is 4. The van der Waals surface area contributed by atoms with Gasteiger partial charge < -0.3 is 5.11 Å². The molecule has 48 heavy (non-hydrogen) atoms. The van der Waals surface area contributed by atoms with E-state index in [9.17, 15) is 14.7 Å². The molecule has 0 radical (unpaired) electrons. The molecule has 5 aromatic carbocycles. The largest absolute Gasteiger partial charge is 0.507 e. The number of hydrogen-bond acceptors (Lipinski definition) is 5. The van der Waals surface area contributed by atoms with Crippen LogP contribution in [0.15, 0.2) is 151 Å². The molecule has 0 aromatic heterocycles. The summed E-state index contributed by atoms with van der Waals surface area (Å²) in [6, 6.07) is 39.6. The lowest BCUT2D eigenvalue weighted by Gasteiger charge is -2.36. The van der Waals surface area contributed by atoms with Gasteiger partial charge in [-0.1, -0.05) is 126 Å². The molecule has 0 bridgehead atoms. The first-order valence-corrected chi connectivity index (χ1v) is 15.5. The Hall–Kier alpha value is -6.34. The van der Waals surface area contributed by atoms with Crippen molar-refractivity contribution in [3.05, 3.63) is 178 Å². The number of nitrogens with zero attached hydrogens (tertiary/aromatic N) is 2. The highest BCUT2D eigenvalue weighted by molar-refractivity contribution is 6.57. The maximum absolute atomic E-state index is 15.7. The highest BCUT2D eigenvalue weighted by Gasteiger charge is 2.70. The van der Waals surface area contributed by atoms with E-state index in [2.05, 4.69) is 0 Å². The van der Waals surface area contributed by atoms with Gasteiger partial charge in [0.2, 0.25) is 0 Å². The minimum atomic E-state index is -2.38. The van der Waals surface area contributed by atoms with Crippen LogP contribution in [0.2, 0.25) is 0 Å². The van der Waals surface area contributed by atoms with Crippen molar-refractivity contribution in [3.8, 4) is 0 Å². The number of benzene rings is 5. The predicted octanol–water partition coefficient (Wildman–Crippen LogP) is 7.27. The van der Waals surface area contributed by atoms with Gasteiger partial charge in [0.15, 0.2) is 11.3 Å². The monoisotopic (exact) mass is 630 g/mol. The fraction of sp³-hybridized carbons (Fsp3) is 0.0732. The first-order chi connectivity index (χ1) is 23.2. The average molecular weight is 631 g/mol. The van der Waals surface area contributed by atoms with Crippen molar-refractivity contribution in [2.75, 3.05) is 9.80 Å². The Balaban J connectivity index is 1.69. The van der Waals surface area contributed by atoms with Gasteiger partial charge in [-0.25, -0.2) is 0 Å². The normalized spacial score (nSPS) is 18.7. The quantitative estimate of drug-likeness (QED) is 0.0922. The summed E-state index contributed by atoms with van der Waals surface area (Å²) in [6.45, 7) is 3.79. The number of hydrogen-bond donors (Lipinski definition) is 1. The van der Waals surface area contributed by atoms with E-state index >= 15 is 9.59 Å². The summed E-state index contributed by atoms with van der Waals surface area (Å²) in [7, 11) is 0. The van der Waals surface area contributed by atoms with Crippen LogP contribution in [-0.2, 0) is 14.4 Å². The minimum Gasteiger partial charge on any atom is -0.507 e. The molecule has 2 aliphatic rings. The van der Waals surface area contributed by atoms with E-state index in [4.69, 9.17) is 0 Å². The molecule has 7 heteroatoms. The fourth-order valence-electron chi connectivity index (χ4n) is 6.57. The summed E-state index contributed by atoms with van der Waals surface area (Å²) < 4.78 is 0. The summed E-state index contributed by atoms with van der Waals surface area (Å²) >= 11 is 0. The van der Waals surface area contributed by atoms with Crippen molar-refractivity contribution >= 4 is 46.2 Å².